The van der Waals surface area contributed by atoms with E-state index < -0.39 is 22.4 Å². The fourth-order valence-electron chi connectivity index (χ4n) is 2.06. The Labute approximate surface area is 272 Å². The Morgan fingerprint density at radius 1 is 0.967 bits per heavy atom. The summed E-state index contributed by atoms with van der Waals surface area (Å²) in [5, 5.41) is 10.8. The first-order valence-corrected chi connectivity index (χ1v) is 12.8. The van der Waals surface area contributed by atoms with Gasteiger partial charge in [0.05, 0.1) is 20.3 Å². The molecule has 0 saturated carbocycles. The molecule has 0 unspecified atom stereocenters. The first-order chi connectivity index (χ1) is 12.9. The number of carboxylic acids is 1. The predicted molar refractivity (Wildman–Crippen MR) is 131 cm³/mol. The maximum atomic E-state index is 10.9. The van der Waals surface area contributed by atoms with E-state index in [1.54, 1.807) is 12.1 Å². The first-order valence-electron chi connectivity index (χ1n) is 7.14. The number of ether oxygens (including phenoxy) is 1. The summed E-state index contributed by atoms with van der Waals surface area (Å²) in [7, 11) is -4.89. The summed E-state index contributed by atoms with van der Waals surface area (Å²) in [5.41, 5.74) is 6.25. The van der Waals surface area contributed by atoms with Gasteiger partial charge in [-0.15, -0.1) is 0 Å². The van der Waals surface area contributed by atoms with E-state index >= 15 is 0 Å². The number of rotatable bonds is 7. The molecule has 2 rings (SSSR count). The minimum atomic E-state index is -4.89. The summed E-state index contributed by atoms with van der Waals surface area (Å²) in [4.78, 5) is 10.8. The summed E-state index contributed by atoms with van der Waals surface area (Å²) in [6, 6.07) is 5.49. The summed E-state index contributed by atoms with van der Waals surface area (Å²) in [6.07, 6.45) is 0.125. The van der Waals surface area contributed by atoms with Crippen molar-refractivity contribution in [2.45, 2.75) is 12.5 Å². The van der Waals surface area contributed by atoms with Gasteiger partial charge in [0.25, 0.3) is 10.4 Å². The molecule has 0 heterocycles. The van der Waals surface area contributed by atoms with Crippen molar-refractivity contribution >= 4 is 107 Å². The van der Waals surface area contributed by atoms with Crippen LogP contribution in [0.15, 0.2) is 24.3 Å². The van der Waals surface area contributed by atoms with Gasteiger partial charge in [-0.05, 0) is 127 Å². The number of carboxylic acid groups (broad SMARTS) is 1. The van der Waals surface area contributed by atoms with Crippen LogP contribution in [0.2, 0.25) is 0 Å². The Bertz CT molecular complexity index is 994. The van der Waals surface area contributed by atoms with Gasteiger partial charge in [0.2, 0.25) is 0 Å². The molecule has 30 heavy (non-hydrogen) atoms. The zero-order valence-electron chi connectivity index (χ0n) is 15.4. The van der Waals surface area contributed by atoms with E-state index in [2.05, 4.69) is 49.4 Å². The fourth-order valence-corrected chi connectivity index (χ4v) is 6.79. The third kappa shape index (κ3) is 9.88. The number of halogens is 4. The molecule has 0 aromatic heterocycles. The molecule has 152 valence electrons. The van der Waals surface area contributed by atoms with Crippen LogP contribution >= 0.6 is 90.4 Å². The number of aliphatic carboxylic acids is 1. The number of benzene rings is 2. The molecule has 0 spiro atoms. The topological polar surface area (TPSA) is 142 Å². The summed E-state index contributed by atoms with van der Waals surface area (Å²) < 4.78 is 45.2. The maximum absolute atomic E-state index is 10.9. The average Bonchev–Trinajstić information content (AvgIpc) is 2.53. The number of nitrogens with two attached hydrogens (primary N) is 1. The van der Waals surface area contributed by atoms with Crippen LogP contribution in [0.25, 0.3) is 0 Å². The average molecular weight is 907 g/mol. The van der Waals surface area contributed by atoms with E-state index in [1.165, 1.54) is 12.1 Å². The number of hydrogen-bond acceptors (Lipinski definition) is 8. The zero-order valence-corrected chi connectivity index (χ0v) is 28.9. The molecule has 1 atom stereocenters. The predicted octanol–water partition coefficient (Wildman–Crippen LogP) is -3.64. The van der Waals surface area contributed by atoms with Crippen LogP contribution in [0.1, 0.15) is 5.56 Å². The monoisotopic (exact) mass is 907 g/mol. The van der Waals surface area contributed by atoms with Crippen molar-refractivity contribution in [3.63, 3.8) is 0 Å². The third-order valence-corrected chi connectivity index (χ3v) is 6.77. The van der Waals surface area contributed by atoms with Gasteiger partial charge < -0.3 is 29.1 Å². The quantitative estimate of drug-likeness (QED) is 0.130. The molecule has 0 aliphatic carbocycles. The second-order valence-electron chi connectivity index (χ2n) is 5.33. The van der Waals surface area contributed by atoms with Gasteiger partial charge >= 0.3 is 59.1 Å². The second kappa shape index (κ2) is 14.0. The molecule has 15 heteroatoms. The van der Waals surface area contributed by atoms with Gasteiger partial charge in [-0.3, -0.25) is 0 Å². The van der Waals surface area contributed by atoms with Crippen molar-refractivity contribution in [2.75, 3.05) is 0 Å². The van der Waals surface area contributed by atoms with E-state index in [0.717, 1.165) is 12.7 Å². The molecule has 2 N–H and O–H groups in total. The standard InChI is InChI=1S/C15H11I4NO7S.2Na/c16-8-1-6(3-12(20)15(21)22)2-9(17)13(8)26-7-4-10(18)14(11(19)5-7)27-28(23,24)25;;/h1-2,4-5,12H,3,20H2,(H,21,22)(H,23,24,25);;/q;2*+1/p-2/t12-;;/m0../s1/i4+1,5+1,7+1,10+1,11+1,14+1;;. The minimum Gasteiger partial charge on any atom is -0.716 e. The van der Waals surface area contributed by atoms with Crippen LogP contribution in [0.4, 0.5) is 0 Å². The Morgan fingerprint density at radius 3 is 1.80 bits per heavy atom. The van der Waals surface area contributed by atoms with Crippen LogP contribution in [0, 0.1) is 14.3 Å². The number of carbonyl (C=O) groups excluding carboxylic acids is 1. The molecule has 2 aromatic carbocycles. The van der Waals surface area contributed by atoms with Gasteiger partial charge in [-0.1, -0.05) is 0 Å². The zero-order chi connectivity index (χ0) is 21.2. The smallest absolute Gasteiger partial charge is 0.716 e. The fraction of sp³-hybridized carbons (Fsp3) is 0.133. The summed E-state index contributed by atoms with van der Waals surface area (Å²) >= 11 is 7.81. The van der Waals surface area contributed by atoms with Crippen molar-refractivity contribution in [1.29, 1.82) is 0 Å². The van der Waals surface area contributed by atoms with E-state index in [1.807, 2.05) is 45.2 Å². The molecule has 0 fully saturated rings. The molecule has 0 bridgehead atoms. The number of carbonyl (C=O) groups is 1. The van der Waals surface area contributed by atoms with E-state index in [9.17, 15) is 22.9 Å². The normalized spacial score (nSPS) is 11.7. The van der Waals surface area contributed by atoms with Gasteiger partial charge in [0.1, 0.15) is 5.75 Å². The van der Waals surface area contributed by atoms with Crippen molar-refractivity contribution in [3.8, 4) is 17.2 Å². The van der Waals surface area contributed by atoms with E-state index in [4.69, 9.17) is 10.5 Å². The van der Waals surface area contributed by atoms with Crippen LogP contribution < -0.4 is 78.9 Å². The third-order valence-electron chi connectivity index (χ3n) is 3.19. The molecular weight excluding hydrogens is 898 g/mol. The van der Waals surface area contributed by atoms with Crippen molar-refractivity contribution in [2.24, 2.45) is 5.73 Å². The van der Waals surface area contributed by atoms with Crippen molar-refractivity contribution < 1.29 is 90.9 Å². The molecular formula is C15H9I4NNa2O7S. The molecule has 0 saturated heterocycles. The Morgan fingerprint density at radius 2 is 1.40 bits per heavy atom. The van der Waals surface area contributed by atoms with Crippen LogP contribution in [0.3, 0.4) is 0 Å². The molecule has 0 aliphatic rings. The Balaban J connectivity index is 0.00000420. The minimum absolute atomic E-state index is 0. The SMILES string of the molecule is N[C@@H](Cc1cc(I)c(O[13c]2[13cH][13c](I)[13c](OS(=O)(=O)[O-])[13c](I)[13cH]2)c(I)c1)C(=O)[O-].[Na+].[Na+]. The molecule has 8 nitrogen and oxygen atoms in total. The van der Waals surface area contributed by atoms with Crippen LogP contribution in [-0.2, 0) is 21.6 Å². The number of hydrogen-bond donors (Lipinski definition) is 1. The van der Waals surface area contributed by atoms with Gasteiger partial charge in [0.15, 0.2) is 11.5 Å². The summed E-state index contributed by atoms with van der Waals surface area (Å²) in [5.74, 6) is -0.417. The maximum Gasteiger partial charge on any atom is 1.00 e. The second-order valence-corrected chi connectivity index (χ2v) is 11.0. The van der Waals surface area contributed by atoms with Crippen LogP contribution in [0.5, 0.6) is 17.2 Å². The van der Waals surface area contributed by atoms with Gasteiger partial charge in [-0.2, -0.15) is 0 Å². The Hall–Kier alpha value is 2.30. The van der Waals surface area contributed by atoms with Gasteiger partial charge in [-0.25, -0.2) is 8.42 Å². The van der Waals surface area contributed by atoms with E-state index in [-0.39, 0.29) is 71.3 Å². The van der Waals surface area contributed by atoms with Crippen LogP contribution in [-0.4, -0.2) is 25.0 Å². The first kappa shape index (κ1) is 32.3. The molecule has 0 radical (unpaired) electrons. The largest absolute Gasteiger partial charge is 1.00 e. The van der Waals surface area contributed by atoms with Crippen molar-refractivity contribution in [1.82, 2.24) is 0 Å². The summed E-state index contributed by atoms with van der Waals surface area (Å²) in [6.45, 7) is 0. The Kier molecular flexibility index (Phi) is 15.1. The molecule has 0 aliphatic heterocycles. The van der Waals surface area contributed by atoms with E-state index in [0.29, 0.717) is 18.6 Å². The molecule has 2 aromatic rings. The van der Waals surface area contributed by atoms with Gasteiger partial charge in [0, 0.05) is 6.04 Å². The van der Waals surface area contributed by atoms with Crippen molar-refractivity contribution in [3.05, 3.63) is 44.1 Å². The molecule has 0 amide bonds.